The number of hydrogen-bond donors (Lipinski definition) is 0. The van der Waals surface area contributed by atoms with Gasteiger partial charge in [-0.25, -0.2) is 0 Å². The SMILES string of the molecule is O=C1N(Cc2cccnc2)CCC12CCN(CCC(c1ccccc1)c1ccccc1)CC2. The molecule has 0 atom stereocenters. The molecule has 0 radical (unpaired) electrons. The molecule has 4 nitrogen and oxygen atoms in total. The first kappa shape index (κ1) is 21.8. The number of benzene rings is 2. The monoisotopic (exact) mass is 439 g/mol. The van der Waals surface area contributed by atoms with Gasteiger partial charge in [-0.05, 0) is 68.1 Å². The summed E-state index contributed by atoms with van der Waals surface area (Å²) in [5, 5.41) is 0. The number of hydrogen-bond acceptors (Lipinski definition) is 3. The third-order valence-electron chi connectivity index (χ3n) is 7.65. The number of amides is 1. The van der Waals surface area contributed by atoms with Crippen molar-refractivity contribution in [3.05, 3.63) is 102 Å². The molecule has 3 aromatic rings. The third-order valence-corrected chi connectivity index (χ3v) is 7.65. The number of aromatic nitrogens is 1. The molecule has 1 amide bonds. The smallest absolute Gasteiger partial charge is 0.229 e. The molecule has 0 aliphatic carbocycles. The highest BCUT2D eigenvalue weighted by Crippen LogP contribution is 2.42. The van der Waals surface area contributed by atoms with Crippen LogP contribution in [0.4, 0.5) is 0 Å². The molecule has 2 aliphatic rings. The normalized spacial score (nSPS) is 18.3. The van der Waals surface area contributed by atoms with Gasteiger partial charge >= 0.3 is 0 Å². The molecule has 2 saturated heterocycles. The predicted molar refractivity (Wildman–Crippen MR) is 132 cm³/mol. The van der Waals surface area contributed by atoms with E-state index in [9.17, 15) is 4.79 Å². The van der Waals surface area contributed by atoms with E-state index in [1.54, 1.807) is 6.20 Å². The molecule has 2 aromatic carbocycles. The second-order valence-corrected chi connectivity index (χ2v) is 9.62. The zero-order chi connectivity index (χ0) is 22.5. The molecule has 2 fully saturated rings. The molecule has 4 heteroatoms. The minimum atomic E-state index is -0.142. The van der Waals surface area contributed by atoms with Gasteiger partial charge in [0.05, 0.1) is 5.41 Å². The van der Waals surface area contributed by atoms with Crippen LogP contribution in [0.15, 0.2) is 85.2 Å². The van der Waals surface area contributed by atoms with Crippen LogP contribution in [0.1, 0.15) is 48.3 Å². The van der Waals surface area contributed by atoms with E-state index in [2.05, 4.69) is 76.6 Å². The number of rotatable bonds is 7. The van der Waals surface area contributed by atoms with Crippen LogP contribution in [0, 0.1) is 5.41 Å². The van der Waals surface area contributed by atoms with Crippen LogP contribution in [-0.2, 0) is 11.3 Å². The lowest BCUT2D eigenvalue weighted by atomic mass is 9.77. The van der Waals surface area contributed by atoms with Gasteiger partial charge in [-0.2, -0.15) is 0 Å². The molecule has 1 spiro atoms. The zero-order valence-electron chi connectivity index (χ0n) is 19.3. The Labute approximate surface area is 197 Å². The standard InChI is InChI=1S/C29H33N3O/c33-28-29(16-21-32(28)23-24-8-7-17-30-22-24)14-19-31(20-15-29)18-13-27(25-9-3-1-4-10-25)26-11-5-2-6-12-26/h1-12,17,22,27H,13-16,18-21,23H2. The van der Waals surface area contributed by atoms with Gasteiger partial charge < -0.3 is 9.80 Å². The highest BCUT2D eigenvalue weighted by Gasteiger charge is 2.47. The topological polar surface area (TPSA) is 36.4 Å². The van der Waals surface area contributed by atoms with Crippen molar-refractivity contribution < 1.29 is 4.79 Å². The lowest BCUT2D eigenvalue weighted by Crippen LogP contribution is -2.45. The maximum absolute atomic E-state index is 13.3. The second-order valence-electron chi connectivity index (χ2n) is 9.62. The number of likely N-dealkylation sites (tertiary alicyclic amines) is 2. The summed E-state index contributed by atoms with van der Waals surface area (Å²) in [5.41, 5.74) is 3.74. The first-order chi connectivity index (χ1) is 16.2. The van der Waals surface area contributed by atoms with Gasteiger partial charge in [0.15, 0.2) is 0 Å². The van der Waals surface area contributed by atoms with Crippen LogP contribution in [0.2, 0.25) is 0 Å². The predicted octanol–water partition coefficient (Wildman–Crippen LogP) is 5.12. The van der Waals surface area contributed by atoms with Crippen LogP contribution in [-0.4, -0.2) is 46.9 Å². The lowest BCUT2D eigenvalue weighted by molar-refractivity contribution is -0.138. The van der Waals surface area contributed by atoms with Crippen LogP contribution in [0.25, 0.3) is 0 Å². The number of nitrogens with zero attached hydrogens (tertiary/aromatic N) is 3. The average Bonchev–Trinajstić information content (AvgIpc) is 3.17. The summed E-state index contributed by atoms with van der Waals surface area (Å²) in [6.45, 7) is 4.66. The molecule has 170 valence electrons. The van der Waals surface area contributed by atoms with E-state index in [1.165, 1.54) is 11.1 Å². The zero-order valence-corrected chi connectivity index (χ0v) is 19.3. The van der Waals surface area contributed by atoms with E-state index in [0.717, 1.165) is 57.4 Å². The van der Waals surface area contributed by atoms with Gasteiger partial charge in [0, 0.05) is 31.4 Å². The van der Waals surface area contributed by atoms with Gasteiger partial charge in [-0.1, -0.05) is 66.7 Å². The van der Waals surface area contributed by atoms with Crippen molar-refractivity contribution in [2.24, 2.45) is 5.41 Å². The lowest BCUT2D eigenvalue weighted by Gasteiger charge is -2.38. The van der Waals surface area contributed by atoms with Gasteiger partial charge in [0.25, 0.3) is 0 Å². The maximum atomic E-state index is 13.3. The van der Waals surface area contributed by atoms with Crippen LogP contribution >= 0.6 is 0 Å². The van der Waals surface area contributed by atoms with Gasteiger partial charge in [0.2, 0.25) is 5.91 Å². The molecular weight excluding hydrogens is 406 g/mol. The minimum absolute atomic E-state index is 0.142. The summed E-state index contributed by atoms with van der Waals surface area (Å²) < 4.78 is 0. The summed E-state index contributed by atoms with van der Waals surface area (Å²) in [6.07, 6.45) is 7.72. The summed E-state index contributed by atoms with van der Waals surface area (Å²) in [7, 11) is 0. The fourth-order valence-electron chi connectivity index (χ4n) is 5.63. The number of piperidine rings is 1. The number of carbonyl (C=O) groups is 1. The first-order valence-electron chi connectivity index (χ1n) is 12.2. The quantitative estimate of drug-likeness (QED) is 0.513. The fourth-order valence-corrected chi connectivity index (χ4v) is 5.63. The molecule has 2 aliphatic heterocycles. The van der Waals surface area contributed by atoms with E-state index in [0.29, 0.717) is 18.4 Å². The largest absolute Gasteiger partial charge is 0.338 e. The van der Waals surface area contributed by atoms with Crippen molar-refractivity contribution in [3.8, 4) is 0 Å². The molecule has 0 N–H and O–H groups in total. The number of carbonyl (C=O) groups excluding carboxylic acids is 1. The van der Waals surface area contributed by atoms with Crippen LogP contribution < -0.4 is 0 Å². The Morgan fingerprint density at radius 3 is 2.06 bits per heavy atom. The van der Waals surface area contributed by atoms with E-state index >= 15 is 0 Å². The average molecular weight is 440 g/mol. The number of pyridine rings is 1. The summed E-state index contributed by atoms with van der Waals surface area (Å²) in [4.78, 5) is 22.1. The Kier molecular flexibility index (Phi) is 6.54. The Hall–Kier alpha value is -2.98. The van der Waals surface area contributed by atoms with Crippen molar-refractivity contribution >= 4 is 5.91 Å². The Morgan fingerprint density at radius 1 is 0.818 bits per heavy atom. The second kappa shape index (κ2) is 9.88. The highest BCUT2D eigenvalue weighted by atomic mass is 16.2. The van der Waals surface area contributed by atoms with Gasteiger partial charge in [-0.3, -0.25) is 9.78 Å². The van der Waals surface area contributed by atoms with Crippen molar-refractivity contribution in [1.82, 2.24) is 14.8 Å². The Balaban J connectivity index is 1.19. The summed E-state index contributed by atoms with van der Waals surface area (Å²) in [5.74, 6) is 0.767. The summed E-state index contributed by atoms with van der Waals surface area (Å²) >= 11 is 0. The van der Waals surface area contributed by atoms with Crippen LogP contribution in [0.3, 0.4) is 0 Å². The minimum Gasteiger partial charge on any atom is -0.338 e. The molecule has 33 heavy (non-hydrogen) atoms. The van der Waals surface area contributed by atoms with Crippen molar-refractivity contribution in [3.63, 3.8) is 0 Å². The van der Waals surface area contributed by atoms with E-state index in [-0.39, 0.29) is 5.41 Å². The Morgan fingerprint density at radius 2 is 1.45 bits per heavy atom. The molecule has 5 rings (SSSR count). The van der Waals surface area contributed by atoms with Gasteiger partial charge in [-0.15, -0.1) is 0 Å². The molecule has 1 aromatic heterocycles. The van der Waals surface area contributed by atoms with E-state index in [1.807, 2.05) is 17.2 Å². The molecule has 0 unspecified atom stereocenters. The Bertz CT molecular complexity index is 991. The highest BCUT2D eigenvalue weighted by molar-refractivity contribution is 5.85. The van der Waals surface area contributed by atoms with Crippen molar-refractivity contribution in [1.29, 1.82) is 0 Å². The molecule has 0 bridgehead atoms. The summed E-state index contributed by atoms with van der Waals surface area (Å²) in [6, 6.07) is 25.7. The molecular formula is C29H33N3O. The molecule has 3 heterocycles. The van der Waals surface area contributed by atoms with Crippen LogP contribution in [0.5, 0.6) is 0 Å². The van der Waals surface area contributed by atoms with E-state index in [4.69, 9.17) is 0 Å². The molecule has 0 saturated carbocycles. The van der Waals surface area contributed by atoms with Crippen molar-refractivity contribution in [2.75, 3.05) is 26.2 Å². The van der Waals surface area contributed by atoms with Crippen molar-refractivity contribution in [2.45, 2.75) is 38.1 Å². The van der Waals surface area contributed by atoms with E-state index < -0.39 is 0 Å². The third kappa shape index (κ3) is 4.86. The maximum Gasteiger partial charge on any atom is 0.229 e. The van der Waals surface area contributed by atoms with Gasteiger partial charge in [0.1, 0.15) is 0 Å². The first-order valence-corrected chi connectivity index (χ1v) is 12.2. The fraction of sp³-hybridized carbons (Fsp3) is 0.379.